The Bertz CT molecular complexity index is 956. The normalized spacial score (nSPS) is 15.3. The van der Waals surface area contributed by atoms with Gasteiger partial charge in [-0.1, -0.05) is 11.8 Å². The third-order valence-electron chi connectivity index (χ3n) is 5.09. The zero-order valence-electron chi connectivity index (χ0n) is 17.3. The van der Waals surface area contributed by atoms with Crippen molar-refractivity contribution < 1.29 is 19.9 Å². The molecule has 1 aromatic carbocycles. The van der Waals surface area contributed by atoms with E-state index in [9.17, 15) is 14.7 Å². The highest BCUT2D eigenvalue weighted by atomic mass is 16.5. The number of carbonyl (C=O) groups excluding carboxylic acids is 2. The van der Waals surface area contributed by atoms with Crippen LogP contribution < -0.4 is 15.7 Å². The van der Waals surface area contributed by atoms with Gasteiger partial charge in [0.1, 0.15) is 11.9 Å². The van der Waals surface area contributed by atoms with Crippen molar-refractivity contribution in [1.29, 1.82) is 0 Å². The Morgan fingerprint density at radius 1 is 1.03 bits per heavy atom. The van der Waals surface area contributed by atoms with Gasteiger partial charge in [-0.15, -0.1) is 0 Å². The first-order chi connectivity index (χ1) is 15.0. The van der Waals surface area contributed by atoms with Crippen LogP contribution in [0.2, 0.25) is 0 Å². The Kier molecular flexibility index (Phi) is 7.60. The van der Waals surface area contributed by atoms with Crippen LogP contribution in [0.5, 0.6) is 0 Å². The number of aliphatic hydroxyl groups is 1. The molecule has 1 aliphatic rings. The Hall–Kier alpha value is -3.41. The minimum Gasteiger partial charge on any atom is -0.391 e. The lowest BCUT2D eigenvalue weighted by atomic mass is 10.1. The first-order valence-corrected chi connectivity index (χ1v) is 10.2. The number of anilines is 1. The number of hydrogen-bond donors (Lipinski definition) is 4. The number of hydroxylamine groups is 1. The molecule has 1 aromatic heterocycles. The van der Waals surface area contributed by atoms with E-state index < -0.39 is 24.0 Å². The molecule has 0 spiro atoms. The van der Waals surface area contributed by atoms with Gasteiger partial charge in [-0.2, -0.15) is 0 Å². The van der Waals surface area contributed by atoms with E-state index in [0.29, 0.717) is 5.56 Å². The average Bonchev–Trinajstić information content (AvgIpc) is 2.81. The predicted octanol–water partition coefficient (Wildman–Crippen LogP) is 1.46. The van der Waals surface area contributed by atoms with Crippen molar-refractivity contribution in [3.8, 4) is 11.8 Å². The number of hydrogen-bond acceptors (Lipinski definition) is 6. The van der Waals surface area contributed by atoms with Crippen LogP contribution in [0, 0.1) is 11.8 Å². The van der Waals surface area contributed by atoms with Gasteiger partial charge in [0.25, 0.3) is 11.8 Å². The smallest absolute Gasteiger partial charge is 0.268 e. The molecule has 2 aromatic rings. The van der Waals surface area contributed by atoms with Crippen LogP contribution in [0.15, 0.2) is 42.6 Å². The maximum atomic E-state index is 12.3. The Morgan fingerprint density at radius 3 is 2.26 bits per heavy atom. The summed E-state index contributed by atoms with van der Waals surface area (Å²) in [5, 5.41) is 20.7. The topological polar surface area (TPSA) is 115 Å². The van der Waals surface area contributed by atoms with Gasteiger partial charge in [0.2, 0.25) is 0 Å². The van der Waals surface area contributed by atoms with E-state index in [4.69, 9.17) is 5.21 Å². The summed E-state index contributed by atoms with van der Waals surface area (Å²) in [4.78, 5) is 30.6. The highest BCUT2D eigenvalue weighted by Crippen LogP contribution is 2.17. The number of aromatic nitrogens is 1. The van der Waals surface area contributed by atoms with Gasteiger partial charge < -0.3 is 15.3 Å². The number of nitrogens with zero attached hydrogens (tertiary/aromatic N) is 2. The molecule has 1 unspecified atom stereocenters. The van der Waals surface area contributed by atoms with E-state index in [1.54, 1.807) is 30.5 Å². The van der Waals surface area contributed by atoms with Gasteiger partial charge in [0, 0.05) is 36.0 Å². The molecule has 8 nitrogen and oxygen atoms in total. The molecular weight excluding hydrogens is 396 g/mol. The molecule has 162 valence electrons. The quantitative estimate of drug-likeness (QED) is 0.329. The van der Waals surface area contributed by atoms with E-state index in [1.807, 2.05) is 12.1 Å². The summed E-state index contributed by atoms with van der Waals surface area (Å²) in [6, 6.07) is 9.22. The van der Waals surface area contributed by atoms with Crippen molar-refractivity contribution in [2.45, 2.75) is 38.3 Å². The van der Waals surface area contributed by atoms with Crippen LogP contribution in [0.25, 0.3) is 0 Å². The molecule has 2 amide bonds. The van der Waals surface area contributed by atoms with Gasteiger partial charge >= 0.3 is 0 Å². The van der Waals surface area contributed by atoms with Gasteiger partial charge in [-0.3, -0.25) is 14.8 Å². The second kappa shape index (κ2) is 10.6. The lowest BCUT2D eigenvalue weighted by Gasteiger charge is -2.27. The maximum Gasteiger partial charge on any atom is 0.268 e. The highest BCUT2D eigenvalue weighted by Gasteiger charge is 2.25. The van der Waals surface area contributed by atoms with Crippen LogP contribution in [0.3, 0.4) is 0 Å². The van der Waals surface area contributed by atoms with Crippen molar-refractivity contribution >= 4 is 17.6 Å². The Balaban J connectivity index is 1.62. The molecule has 4 N–H and O–H groups in total. The standard InChI is InChI=1S/C23H26N4O4/c1-16(28)21(23(30)26-31)25-22(29)19-10-7-17(8-11-19)5-6-18-9-12-20(24-15-18)27-13-3-2-4-14-27/h7-12,15-16,21,28,31H,2-4,13-14H2,1H3,(H,25,29)(H,26,30)/t16?,21-/m0/s1. The van der Waals surface area contributed by atoms with Crippen LogP contribution in [0.1, 0.15) is 47.7 Å². The molecule has 0 bridgehead atoms. The zero-order chi connectivity index (χ0) is 22.2. The fourth-order valence-electron chi connectivity index (χ4n) is 3.32. The van der Waals surface area contributed by atoms with Crippen molar-refractivity contribution in [3.05, 3.63) is 59.3 Å². The molecule has 2 heterocycles. The number of amides is 2. The molecule has 2 atom stereocenters. The second-order valence-corrected chi connectivity index (χ2v) is 7.45. The number of benzene rings is 1. The van der Waals surface area contributed by atoms with E-state index in [0.717, 1.165) is 30.0 Å². The second-order valence-electron chi connectivity index (χ2n) is 7.45. The third kappa shape index (κ3) is 6.04. The Morgan fingerprint density at radius 2 is 1.68 bits per heavy atom. The van der Waals surface area contributed by atoms with Gasteiger partial charge in [0.15, 0.2) is 0 Å². The number of rotatable bonds is 5. The van der Waals surface area contributed by atoms with Gasteiger partial charge in [-0.05, 0) is 62.6 Å². The summed E-state index contributed by atoms with van der Waals surface area (Å²) in [5.74, 6) is 5.63. The summed E-state index contributed by atoms with van der Waals surface area (Å²) in [6.07, 6.45) is 4.27. The summed E-state index contributed by atoms with van der Waals surface area (Å²) in [7, 11) is 0. The Labute approximate surface area is 181 Å². The zero-order valence-corrected chi connectivity index (χ0v) is 17.3. The number of pyridine rings is 1. The molecule has 0 saturated carbocycles. The lowest BCUT2D eigenvalue weighted by molar-refractivity contribution is -0.133. The number of carbonyl (C=O) groups is 2. The molecule has 1 fully saturated rings. The van der Waals surface area contributed by atoms with Gasteiger partial charge in [-0.25, -0.2) is 10.5 Å². The fourth-order valence-corrected chi connectivity index (χ4v) is 3.32. The third-order valence-corrected chi connectivity index (χ3v) is 5.09. The SMILES string of the molecule is CC(O)[C@H](NC(=O)c1ccc(C#Cc2ccc(N3CCCCC3)nc2)cc1)C(=O)NO. The first-order valence-electron chi connectivity index (χ1n) is 10.2. The molecule has 8 heteroatoms. The van der Waals surface area contributed by atoms with Crippen molar-refractivity contribution in [2.24, 2.45) is 0 Å². The van der Waals surface area contributed by atoms with E-state index in [1.165, 1.54) is 31.7 Å². The molecular formula is C23H26N4O4. The van der Waals surface area contributed by atoms with E-state index in [-0.39, 0.29) is 0 Å². The molecule has 3 rings (SSSR count). The minimum absolute atomic E-state index is 0.300. The highest BCUT2D eigenvalue weighted by molar-refractivity contribution is 5.97. The molecule has 1 aliphatic heterocycles. The number of piperidine rings is 1. The molecule has 1 saturated heterocycles. The average molecular weight is 422 g/mol. The number of aliphatic hydroxyl groups excluding tert-OH is 1. The molecule has 0 aliphatic carbocycles. The summed E-state index contributed by atoms with van der Waals surface area (Å²) < 4.78 is 0. The fraction of sp³-hybridized carbons (Fsp3) is 0.348. The van der Waals surface area contributed by atoms with E-state index >= 15 is 0 Å². The predicted molar refractivity (Wildman–Crippen MR) is 116 cm³/mol. The molecule has 31 heavy (non-hydrogen) atoms. The summed E-state index contributed by atoms with van der Waals surface area (Å²) in [6.45, 7) is 3.42. The summed E-state index contributed by atoms with van der Waals surface area (Å²) >= 11 is 0. The molecule has 0 radical (unpaired) electrons. The van der Waals surface area contributed by atoms with Crippen molar-refractivity contribution in [3.63, 3.8) is 0 Å². The lowest BCUT2D eigenvalue weighted by Crippen LogP contribution is -2.51. The van der Waals surface area contributed by atoms with Crippen LogP contribution in [-0.2, 0) is 4.79 Å². The maximum absolute atomic E-state index is 12.3. The minimum atomic E-state index is -1.27. The van der Waals surface area contributed by atoms with Gasteiger partial charge in [0.05, 0.1) is 6.10 Å². The van der Waals surface area contributed by atoms with E-state index in [2.05, 4.69) is 27.0 Å². The number of nitrogens with one attached hydrogen (secondary N) is 2. The van der Waals surface area contributed by atoms with Crippen LogP contribution in [-0.4, -0.2) is 52.3 Å². The van der Waals surface area contributed by atoms with Crippen LogP contribution >= 0.6 is 0 Å². The summed E-state index contributed by atoms with van der Waals surface area (Å²) in [5.41, 5.74) is 3.25. The largest absolute Gasteiger partial charge is 0.391 e. The van der Waals surface area contributed by atoms with Crippen molar-refractivity contribution in [2.75, 3.05) is 18.0 Å². The monoisotopic (exact) mass is 422 g/mol. The van der Waals surface area contributed by atoms with Crippen molar-refractivity contribution in [1.82, 2.24) is 15.8 Å². The first kappa shape index (κ1) is 22.3. The van der Waals surface area contributed by atoms with Crippen LogP contribution in [0.4, 0.5) is 5.82 Å².